The molecule has 0 saturated heterocycles. The first-order valence-electron chi connectivity index (χ1n) is 8.19. The van der Waals surface area contributed by atoms with Crippen LogP contribution in [0.3, 0.4) is 0 Å². The van der Waals surface area contributed by atoms with Gasteiger partial charge in [0, 0.05) is 24.5 Å². The van der Waals surface area contributed by atoms with Crippen LogP contribution in [0.15, 0.2) is 35.4 Å². The fourth-order valence-electron chi connectivity index (χ4n) is 3.11. The second-order valence-electron chi connectivity index (χ2n) is 6.13. The molecular weight excluding hydrogens is 415 g/mol. The summed E-state index contributed by atoms with van der Waals surface area (Å²) in [5, 5.41) is 0. The molecule has 0 fully saturated rings. The van der Waals surface area contributed by atoms with Gasteiger partial charge in [-0.25, -0.2) is 13.9 Å². The smallest absolute Gasteiger partial charge is 0.432 e. The number of alkyl halides is 4. The second kappa shape index (κ2) is 6.58. The number of rotatable bonds is 2. The molecule has 7 nitrogen and oxygen atoms in total. The molecule has 0 N–H and O–H groups in total. The minimum Gasteiger partial charge on any atom is -0.449 e. The maximum Gasteiger partial charge on any atom is 0.432 e. The van der Waals surface area contributed by atoms with E-state index in [0.717, 1.165) is 23.4 Å². The zero-order valence-electron chi connectivity index (χ0n) is 14.7. The molecule has 0 saturated carbocycles. The number of anilines is 1. The Labute approximate surface area is 163 Å². The topological polar surface area (TPSA) is 68.8 Å². The number of terminal acetylenes is 1. The van der Waals surface area contributed by atoms with Crippen molar-refractivity contribution in [3.63, 3.8) is 0 Å². The summed E-state index contributed by atoms with van der Waals surface area (Å²) >= 11 is 0. The van der Waals surface area contributed by atoms with E-state index in [-0.39, 0.29) is 24.0 Å². The third-order valence-corrected chi connectivity index (χ3v) is 4.35. The molecule has 30 heavy (non-hydrogen) atoms. The molecule has 0 aliphatic carbocycles. The lowest BCUT2D eigenvalue weighted by Crippen LogP contribution is -2.44. The summed E-state index contributed by atoms with van der Waals surface area (Å²) in [5.74, 6) is -1.02. The van der Waals surface area contributed by atoms with Crippen LogP contribution in [0.1, 0.15) is 5.69 Å². The molecule has 1 unspecified atom stereocenters. The Hall–Kier alpha value is -3.88. The lowest BCUT2D eigenvalue weighted by atomic mass is 10.2. The molecule has 12 heteroatoms. The van der Waals surface area contributed by atoms with Gasteiger partial charge >= 0.3 is 18.4 Å². The molecule has 0 radical (unpaired) electrons. The maximum atomic E-state index is 14.8. The number of halogens is 5. The number of imidazole rings is 1. The lowest BCUT2D eigenvalue weighted by molar-refractivity contribution is -0.142. The first-order valence-corrected chi connectivity index (χ1v) is 8.19. The standard InChI is InChI=1S/C18H9F5N4O3/c1-2-4-25-11-7-10(9(19)6-12(11)30-15(20)16(25)29)27-14(28)8-13(18(21,22)23)26-5-3-24-17(26)27/h1,3,5-8,15H,4H2. The Bertz CT molecular complexity index is 1290. The maximum absolute atomic E-state index is 14.8. The summed E-state index contributed by atoms with van der Waals surface area (Å²) < 4.78 is 74.2. The van der Waals surface area contributed by atoms with Crippen molar-refractivity contribution in [1.82, 2.24) is 14.0 Å². The third-order valence-electron chi connectivity index (χ3n) is 4.35. The number of aromatic nitrogens is 3. The Morgan fingerprint density at radius 2 is 1.93 bits per heavy atom. The minimum absolute atomic E-state index is 0.153. The molecule has 1 aromatic carbocycles. The van der Waals surface area contributed by atoms with Gasteiger partial charge in [-0.2, -0.15) is 17.6 Å². The second-order valence-corrected chi connectivity index (χ2v) is 6.13. The number of amides is 1. The highest BCUT2D eigenvalue weighted by Gasteiger charge is 2.37. The summed E-state index contributed by atoms with van der Waals surface area (Å²) in [4.78, 5) is 29.0. The molecule has 1 aliphatic rings. The van der Waals surface area contributed by atoms with E-state index in [1.54, 1.807) is 0 Å². The Morgan fingerprint density at radius 1 is 1.20 bits per heavy atom. The number of hydrogen-bond donors (Lipinski definition) is 0. The van der Waals surface area contributed by atoms with Crippen LogP contribution < -0.4 is 15.2 Å². The molecule has 0 spiro atoms. The molecule has 1 amide bonds. The summed E-state index contributed by atoms with van der Waals surface area (Å²) in [6, 6.07) is 1.94. The van der Waals surface area contributed by atoms with Crippen molar-refractivity contribution in [1.29, 1.82) is 0 Å². The Kier molecular flexibility index (Phi) is 4.26. The molecule has 3 aromatic rings. The van der Waals surface area contributed by atoms with E-state index in [1.807, 2.05) is 0 Å². The van der Waals surface area contributed by atoms with Crippen LogP contribution in [0.2, 0.25) is 0 Å². The van der Waals surface area contributed by atoms with Crippen LogP contribution in [0.5, 0.6) is 5.75 Å². The van der Waals surface area contributed by atoms with Crippen molar-refractivity contribution in [2.24, 2.45) is 0 Å². The van der Waals surface area contributed by atoms with E-state index in [1.165, 1.54) is 0 Å². The van der Waals surface area contributed by atoms with E-state index >= 15 is 0 Å². The van der Waals surface area contributed by atoms with E-state index < -0.39 is 47.0 Å². The molecule has 3 heterocycles. The number of carbonyl (C=O) groups is 1. The number of hydrogen-bond acceptors (Lipinski definition) is 4. The first-order chi connectivity index (χ1) is 14.1. The molecular formula is C18H9F5N4O3. The lowest BCUT2D eigenvalue weighted by Gasteiger charge is -2.30. The van der Waals surface area contributed by atoms with Crippen molar-refractivity contribution in [2.75, 3.05) is 11.4 Å². The van der Waals surface area contributed by atoms with E-state index in [4.69, 9.17) is 11.2 Å². The summed E-state index contributed by atoms with van der Waals surface area (Å²) in [6.45, 7) is -0.388. The number of benzene rings is 1. The monoisotopic (exact) mass is 424 g/mol. The number of ether oxygens (including phenoxy) is 1. The van der Waals surface area contributed by atoms with E-state index in [2.05, 4.69) is 10.9 Å². The molecule has 4 rings (SSSR count). The van der Waals surface area contributed by atoms with Gasteiger partial charge in [-0.3, -0.25) is 18.9 Å². The van der Waals surface area contributed by atoms with Gasteiger partial charge < -0.3 is 4.74 Å². The van der Waals surface area contributed by atoms with E-state index in [9.17, 15) is 31.5 Å². The normalized spacial score (nSPS) is 16.3. The van der Waals surface area contributed by atoms with E-state index in [0.29, 0.717) is 15.0 Å². The highest BCUT2D eigenvalue weighted by atomic mass is 19.4. The van der Waals surface area contributed by atoms with Crippen LogP contribution in [-0.2, 0) is 11.0 Å². The predicted octanol–water partition coefficient (Wildman–Crippen LogP) is 2.30. The van der Waals surface area contributed by atoms with Gasteiger partial charge in [-0.15, -0.1) is 6.42 Å². The minimum atomic E-state index is -4.87. The van der Waals surface area contributed by atoms with Crippen molar-refractivity contribution in [3.8, 4) is 23.8 Å². The van der Waals surface area contributed by atoms with Gasteiger partial charge in [0.05, 0.1) is 17.9 Å². The summed E-state index contributed by atoms with van der Waals surface area (Å²) in [7, 11) is 0. The quantitative estimate of drug-likeness (QED) is 0.468. The zero-order valence-corrected chi connectivity index (χ0v) is 14.7. The fourth-order valence-corrected chi connectivity index (χ4v) is 3.11. The molecule has 2 aromatic heterocycles. The largest absolute Gasteiger partial charge is 0.449 e. The zero-order chi connectivity index (χ0) is 21.8. The van der Waals surface area contributed by atoms with Gasteiger partial charge in [0.2, 0.25) is 5.78 Å². The fraction of sp³-hybridized carbons (Fsp3) is 0.167. The summed E-state index contributed by atoms with van der Waals surface area (Å²) in [6.07, 6.45) is -0.138. The van der Waals surface area contributed by atoms with Crippen molar-refractivity contribution < 1.29 is 31.5 Å². The first kappa shape index (κ1) is 19.4. The summed E-state index contributed by atoms with van der Waals surface area (Å²) in [5.41, 5.74) is -3.21. The highest BCUT2D eigenvalue weighted by molar-refractivity contribution is 5.99. The average molecular weight is 424 g/mol. The number of carbonyl (C=O) groups excluding carboxylic acids is 1. The molecule has 1 atom stereocenters. The van der Waals surface area contributed by atoms with Crippen LogP contribution in [0, 0.1) is 18.2 Å². The number of fused-ring (bicyclic) bond motifs is 2. The molecule has 0 bridgehead atoms. The third kappa shape index (κ3) is 2.86. The Morgan fingerprint density at radius 3 is 2.60 bits per heavy atom. The van der Waals surface area contributed by atoms with Gasteiger partial charge in [-0.1, -0.05) is 5.92 Å². The van der Waals surface area contributed by atoms with Crippen molar-refractivity contribution in [3.05, 3.63) is 52.5 Å². The van der Waals surface area contributed by atoms with Gasteiger partial charge in [0.1, 0.15) is 5.69 Å². The molecule has 1 aliphatic heterocycles. The van der Waals surface area contributed by atoms with Crippen LogP contribution >= 0.6 is 0 Å². The van der Waals surface area contributed by atoms with Gasteiger partial charge in [0.15, 0.2) is 11.6 Å². The predicted molar refractivity (Wildman–Crippen MR) is 92.5 cm³/mol. The van der Waals surface area contributed by atoms with Crippen molar-refractivity contribution >= 4 is 17.4 Å². The van der Waals surface area contributed by atoms with Gasteiger partial charge in [-0.05, 0) is 6.07 Å². The Balaban J connectivity index is 2.00. The van der Waals surface area contributed by atoms with Crippen LogP contribution in [0.4, 0.5) is 27.6 Å². The van der Waals surface area contributed by atoms with Crippen molar-refractivity contribution in [2.45, 2.75) is 12.5 Å². The van der Waals surface area contributed by atoms with Crippen LogP contribution in [-0.4, -0.2) is 32.8 Å². The molecule has 154 valence electrons. The highest BCUT2D eigenvalue weighted by Crippen LogP contribution is 2.38. The SMILES string of the molecule is C#CCN1C(=O)C(F)Oc2cc(F)c(-n3c(=O)cc(C(F)(F)F)n4ccnc34)cc21. The van der Waals surface area contributed by atoms with Gasteiger partial charge in [0.25, 0.3) is 5.56 Å². The van der Waals surface area contributed by atoms with Crippen LogP contribution in [0.25, 0.3) is 11.5 Å². The average Bonchev–Trinajstić information content (AvgIpc) is 3.13. The number of nitrogens with zero attached hydrogens (tertiary/aromatic N) is 4.